The number of hydrogen-bond acceptors (Lipinski definition) is 6. The van der Waals surface area contributed by atoms with Gasteiger partial charge in [0.05, 0.1) is 32.6 Å². The summed E-state index contributed by atoms with van der Waals surface area (Å²) in [4.78, 5) is 24.4. The second-order valence-electron chi connectivity index (χ2n) is 5.48. The van der Waals surface area contributed by atoms with Gasteiger partial charge in [-0.15, -0.1) is 0 Å². The van der Waals surface area contributed by atoms with Crippen molar-refractivity contribution in [3.63, 3.8) is 0 Å². The molecule has 0 unspecified atom stereocenters. The Hall–Kier alpha value is -3.62. The fraction of sp³-hybridized carbons (Fsp3) is 0.200. The number of esters is 1. The molecule has 9 heteroatoms. The zero-order valence-electron chi connectivity index (χ0n) is 15.9. The van der Waals surface area contributed by atoms with Crippen LogP contribution >= 0.6 is 0 Å². The van der Waals surface area contributed by atoms with Crippen molar-refractivity contribution < 1.29 is 37.3 Å². The van der Waals surface area contributed by atoms with E-state index in [9.17, 15) is 18.4 Å². The van der Waals surface area contributed by atoms with Gasteiger partial charge in [-0.1, -0.05) is 18.2 Å². The lowest BCUT2D eigenvalue weighted by Gasteiger charge is -2.14. The SMILES string of the molecule is COC(=O)c1cc(OC)c(OC)cc1NC(=O)/C=C/c1ccccc1OC(F)F. The van der Waals surface area contributed by atoms with E-state index in [1.165, 1.54) is 57.7 Å². The molecule has 0 atom stereocenters. The molecule has 2 aromatic rings. The average molecular weight is 407 g/mol. The summed E-state index contributed by atoms with van der Waals surface area (Å²) in [5.41, 5.74) is 0.457. The minimum absolute atomic E-state index is 0.0494. The Kier molecular flexibility index (Phi) is 7.53. The number of para-hydroxylation sites is 1. The Morgan fingerprint density at radius 3 is 2.28 bits per heavy atom. The molecule has 0 radical (unpaired) electrons. The van der Waals surface area contributed by atoms with Crippen LogP contribution in [0.4, 0.5) is 14.5 Å². The fourth-order valence-corrected chi connectivity index (χ4v) is 2.42. The number of alkyl halides is 2. The average Bonchev–Trinajstić information content (AvgIpc) is 2.71. The van der Waals surface area contributed by atoms with E-state index >= 15 is 0 Å². The third-order valence-electron chi connectivity index (χ3n) is 3.74. The van der Waals surface area contributed by atoms with Crippen molar-refractivity contribution in [1.29, 1.82) is 0 Å². The van der Waals surface area contributed by atoms with Crippen molar-refractivity contribution in [2.75, 3.05) is 26.6 Å². The highest BCUT2D eigenvalue weighted by atomic mass is 19.3. The zero-order valence-corrected chi connectivity index (χ0v) is 15.9. The third kappa shape index (κ3) is 5.68. The van der Waals surface area contributed by atoms with Crippen LogP contribution in [0.15, 0.2) is 42.5 Å². The molecule has 0 aliphatic rings. The van der Waals surface area contributed by atoms with Crippen LogP contribution in [-0.4, -0.2) is 39.8 Å². The summed E-state index contributed by atoms with van der Waals surface area (Å²) in [6.07, 6.45) is 2.43. The summed E-state index contributed by atoms with van der Waals surface area (Å²) in [6.45, 7) is -2.99. The van der Waals surface area contributed by atoms with Crippen LogP contribution in [0.1, 0.15) is 15.9 Å². The summed E-state index contributed by atoms with van der Waals surface area (Å²) in [5, 5.41) is 2.53. The van der Waals surface area contributed by atoms with Crippen molar-refractivity contribution in [2.24, 2.45) is 0 Å². The molecule has 0 aliphatic heterocycles. The van der Waals surface area contributed by atoms with Gasteiger partial charge in [0.1, 0.15) is 5.75 Å². The number of halogens is 2. The van der Waals surface area contributed by atoms with Gasteiger partial charge < -0.3 is 24.3 Å². The summed E-state index contributed by atoms with van der Waals surface area (Å²) in [5.74, 6) is -0.822. The lowest BCUT2D eigenvalue weighted by Crippen LogP contribution is -2.13. The quantitative estimate of drug-likeness (QED) is 0.530. The highest BCUT2D eigenvalue weighted by molar-refractivity contribution is 6.07. The number of rotatable bonds is 8. The van der Waals surface area contributed by atoms with E-state index in [2.05, 4.69) is 10.1 Å². The van der Waals surface area contributed by atoms with Crippen LogP contribution in [0, 0.1) is 0 Å². The second-order valence-corrected chi connectivity index (χ2v) is 5.48. The van der Waals surface area contributed by atoms with Crippen LogP contribution in [0.3, 0.4) is 0 Å². The molecule has 154 valence electrons. The van der Waals surface area contributed by atoms with Gasteiger partial charge in [-0.25, -0.2) is 4.79 Å². The number of carbonyl (C=O) groups excluding carboxylic acids is 2. The molecule has 7 nitrogen and oxygen atoms in total. The zero-order chi connectivity index (χ0) is 21.4. The van der Waals surface area contributed by atoms with E-state index in [1.54, 1.807) is 6.07 Å². The number of benzene rings is 2. The lowest BCUT2D eigenvalue weighted by molar-refractivity contribution is -0.111. The first-order chi connectivity index (χ1) is 13.9. The maximum Gasteiger partial charge on any atom is 0.387 e. The predicted octanol–water partition coefficient (Wildman–Crippen LogP) is 3.74. The molecule has 1 N–H and O–H groups in total. The molecule has 0 saturated carbocycles. The fourth-order valence-electron chi connectivity index (χ4n) is 2.42. The topological polar surface area (TPSA) is 83.1 Å². The number of amides is 1. The van der Waals surface area contributed by atoms with Crippen LogP contribution in [0.5, 0.6) is 17.2 Å². The summed E-state index contributed by atoms with van der Waals surface area (Å²) >= 11 is 0. The maximum atomic E-state index is 12.5. The normalized spacial score (nSPS) is 10.7. The summed E-state index contributed by atoms with van der Waals surface area (Å²) in [6, 6.07) is 8.78. The number of methoxy groups -OCH3 is 3. The monoisotopic (exact) mass is 407 g/mol. The molecule has 0 fully saturated rings. The first-order valence-corrected chi connectivity index (χ1v) is 8.26. The van der Waals surface area contributed by atoms with Crippen molar-refractivity contribution in [1.82, 2.24) is 0 Å². The molecular weight excluding hydrogens is 388 g/mol. The van der Waals surface area contributed by atoms with Gasteiger partial charge in [0, 0.05) is 23.8 Å². The number of ether oxygens (including phenoxy) is 4. The van der Waals surface area contributed by atoms with Crippen LogP contribution in [-0.2, 0) is 9.53 Å². The first-order valence-electron chi connectivity index (χ1n) is 8.26. The standard InChI is InChI=1S/C20H19F2NO6/c1-26-16-10-13(19(25)28-3)14(11-17(16)27-2)23-18(24)9-8-12-6-4-5-7-15(12)29-20(21)22/h4-11,20H,1-3H3,(H,23,24)/b9-8+. The Morgan fingerprint density at radius 1 is 1.00 bits per heavy atom. The molecule has 0 bridgehead atoms. The van der Waals surface area contributed by atoms with E-state index < -0.39 is 18.5 Å². The van der Waals surface area contributed by atoms with Gasteiger partial charge in [0.15, 0.2) is 11.5 Å². The predicted molar refractivity (Wildman–Crippen MR) is 102 cm³/mol. The molecule has 2 aromatic carbocycles. The summed E-state index contributed by atoms with van der Waals surface area (Å²) < 4.78 is 44.4. The van der Waals surface area contributed by atoms with E-state index in [0.29, 0.717) is 0 Å². The highest BCUT2D eigenvalue weighted by Crippen LogP contribution is 2.33. The van der Waals surface area contributed by atoms with Crippen LogP contribution in [0.2, 0.25) is 0 Å². The summed E-state index contributed by atoms with van der Waals surface area (Å²) in [7, 11) is 4.00. The Bertz CT molecular complexity index is 914. The second kappa shape index (κ2) is 10.1. The molecule has 0 saturated heterocycles. The maximum absolute atomic E-state index is 12.5. The van der Waals surface area contributed by atoms with E-state index in [4.69, 9.17) is 14.2 Å². The van der Waals surface area contributed by atoms with Gasteiger partial charge in [-0.3, -0.25) is 4.79 Å². The van der Waals surface area contributed by atoms with Gasteiger partial charge in [0.25, 0.3) is 0 Å². The molecule has 2 rings (SSSR count). The minimum Gasteiger partial charge on any atom is -0.493 e. The Labute approximate surface area is 165 Å². The van der Waals surface area contributed by atoms with Gasteiger partial charge in [-0.05, 0) is 12.1 Å². The molecular formula is C20H19F2NO6. The number of nitrogens with one attached hydrogen (secondary N) is 1. The number of anilines is 1. The minimum atomic E-state index is -2.99. The third-order valence-corrected chi connectivity index (χ3v) is 3.74. The van der Waals surface area contributed by atoms with Crippen molar-refractivity contribution in [3.05, 3.63) is 53.6 Å². The number of carbonyl (C=O) groups is 2. The molecule has 0 aliphatic carbocycles. The van der Waals surface area contributed by atoms with E-state index in [1.807, 2.05) is 0 Å². The first kappa shape index (κ1) is 21.7. The Balaban J connectivity index is 2.29. The largest absolute Gasteiger partial charge is 0.493 e. The van der Waals surface area contributed by atoms with Gasteiger partial charge >= 0.3 is 12.6 Å². The lowest BCUT2D eigenvalue weighted by atomic mass is 10.1. The highest BCUT2D eigenvalue weighted by Gasteiger charge is 2.18. The molecule has 29 heavy (non-hydrogen) atoms. The van der Waals surface area contributed by atoms with Crippen LogP contribution in [0.25, 0.3) is 6.08 Å². The van der Waals surface area contributed by atoms with Gasteiger partial charge in [0.2, 0.25) is 5.91 Å². The van der Waals surface area contributed by atoms with Crippen molar-refractivity contribution in [3.8, 4) is 17.2 Å². The Morgan fingerprint density at radius 2 is 1.66 bits per heavy atom. The van der Waals surface area contributed by atoms with Crippen LogP contribution < -0.4 is 19.5 Å². The molecule has 0 spiro atoms. The van der Waals surface area contributed by atoms with Crippen molar-refractivity contribution >= 4 is 23.6 Å². The number of hydrogen-bond donors (Lipinski definition) is 1. The van der Waals surface area contributed by atoms with Crippen molar-refractivity contribution in [2.45, 2.75) is 6.61 Å². The smallest absolute Gasteiger partial charge is 0.387 e. The molecule has 0 heterocycles. The van der Waals surface area contributed by atoms with E-state index in [0.717, 1.165) is 6.08 Å². The van der Waals surface area contributed by atoms with Gasteiger partial charge in [-0.2, -0.15) is 8.78 Å². The molecule has 1 amide bonds. The van der Waals surface area contributed by atoms with E-state index in [-0.39, 0.29) is 34.1 Å². The molecule has 0 aromatic heterocycles.